The molecular formula is C16H6Br2O2S2. The van der Waals surface area contributed by atoms with Gasteiger partial charge < -0.3 is 0 Å². The maximum absolute atomic E-state index is 12.5. The minimum Gasteiger partial charge on any atom is -0.281 e. The average Bonchev–Trinajstić information content (AvgIpc) is 2.93. The second-order valence-electron chi connectivity index (χ2n) is 4.81. The Hall–Kier alpha value is -0.820. The van der Waals surface area contributed by atoms with E-state index in [-0.39, 0.29) is 10.2 Å². The van der Waals surface area contributed by atoms with Gasteiger partial charge in [-0.05, 0) is 47.8 Å². The lowest BCUT2D eigenvalue weighted by molar-refractivity contribution is -0.107. The quantitative estimate of drug-likeness (QED) is 0.501. The van der Waals surface area contributed by atoms with E-state index in [0.717, 1.165) is 29.9 Å². The van der Waals surface area contributed by atoms with Crippen LogP contribution in [0.2, 0.25) is 0 Å². The summed E-state index contributed by atoms with van der Waals surface area (Å²) in [6.45, 7) is 0. The van der Waals surface area contributed by atoms with Gasteiger partial charge in [0.2, 0.25) is 10.2 Å². The molecule has 0 N–H and O–H groups in total. The van der Waals surface area contributed by atoms with Gasteiger partial charge in [-0.3, -0.25) is 9.59 Å². The Kier molecular flexibility index (Phi) is 3.60. The Morgan fingerprint density at radius 1 is 0.682 bits per heavy atom. The average molecular weight is 454 g/mol. The summed E-state index contributed by atoms with van der Waals surface area (Å²) in [5, 5.41) is -0.124. The van der Waals surface area contributed by atoms with E-state index >= 15 is 0 Å². The zero-order chi connectivity index (χ0) is 15.4. The van der Waals surface area contributed by atoms with Crippen LogP contribution in [0, 0.1) is 0 Å². The first-order valence-corrected chi connectivity index (χ1v) is 9.55. The lowest BCUT2D eigenvalue weighted by Gasteiger charge is -2.04. The van der Waals surface area contributed by atoms with E-state index in [1.54, 1.807) is 0 Å². The lowest BCUT2D eigenvalue weighted by Crippen LogP contribution is -1.98. The molecule has 0 amide bonds. The Balaban J connectivity index is 2.00. The fourth-order valence-electron chi connectivity index (χ4n) is 2.57. The molecule has 0 saturated heterocycles. The van der Waals surface area contributed by atoms with Crippen LogP contribution in [-0.4, -0.2) is 10.2 Å². The number of carbonyl (C=O) groups excluding carboxylic acids is 2. The molecule has 0 saturated carbocycles. The molecule has 108 valence electrons. The number of thioether (sulfide) groups is 2. The van der Waals surface area contributed by atoms with Crippen molar-refractivity contribution in [2.45, 2.75) is 9.79 Å². The summed E-state index contributed by atoms with van der Waals surface area (Å²) in [6, 6.07) is 11.4. The van der Waals surface area contributed by atoms with Crippen molar-refractivity contribution in [1.82, 2.24) is 0 Å². The van der Waals surface area contributed by atoms with E-state index in [4.69, 9.17) is 0 Å². The van der Waals surface area contributed by atoms with Crippen LogP contribution in [0.15, 0.2) is 55.1 Å². The van der Waals surface area contributed by atoms with E-state index < -0.39 is 0 Å². The Bertz CT molecular complexity index is 830. The summed E-state index contributed by atoms with van der Waals surface area (Å²) in [6.07, 6.45) is 0. The molecule has 0 fully saturated rings. The third kappa shape index (κ3) is 2.24. The van der Waals surface area contributed by atoms with Gasteiger partial charge in [0.05, 0.1) is 0 Å². The summed E-state index contributed by atoms with van der Waals surface area (Å²) in [7, 11) is 0. The van der Waals surface area contributed by atoms with Crippen molar-refractivity contribution in [3.63, 3.8) is 0 Å². The summed E-state index contributed by atoms with van der Waals surface area (Å²) in [4.78, 5) is 26.7. The van der Waals surface area contributed by atoms with Gasteiger partial charge in [0.15, 0.2) is 0 Å². The van der Waals surface area contributed by atoms with Crippen molar-refractivity contribution in [2.24, 2.45) is 0 Å². The van der Waals surface area contributed by atoms with Gasteiger partial charge in [0, 0.05) is 41.0 Å². The van der Waals surface area contributed by atoms with E-state index in [2.05, 4.69) is 31.9 Å². The number of fused-ring (bicyclic) bond motifs is 2. The van der Waals surface area contributed by atoms with E-state index in [9.17, 15) is 9.59 Å². The maximum Gasteiger partial charge on any atom is 0.225 e. The van der Waals surface area contributed by atoms with Gasteiger partial charge >= 0.3 is 0 Å². The van der Waals surface area contributed by atoms with Crippen LogP contribution in [-0.2, 0) is 9.59 Å². The van der Waals surface area contributed by atoms with Crippen molar-refractivity contribution in [3.05, 3.63) is 56.5 Å². The normalized spacial score (nSPS) is 19.5. The molecule has 0 aliphatic carbocycles. The molecule has 2 aromatic carbocycles. The largest absolute Gasteiger partial charge is 0.281 e. The number of hydrogen-bond acceptors (Lipinski definition) is 4. The number of hydrogen-bond donors (Lipinski definition) is 0. The van der Waals surface area contributed by atoms with Crippen LogP contribution in [0.25, 0.3) is 11.1 Å². The summed E-state index contributed by atoms with van der Waals surface area (Å²) in [5.74, 6) is 0. The molecule has 2 aromatic rings. The van der Waals surface area contributed by atoms with Gasteiger partial charge in [0.25, 0.3) is 0 Å². The fourth-order valence-corrected chi connectivity index (χ4v) is 5.55. The second-order valence-corrected chi connectivity index (χ2v) is 8.67. The number of rotatable bonds is 0. The highest BCUT2D eigenvalue weighted by molar-refractivity contribution is 9.10. The topological polar surface area (TPSA) is 34.1 Å². The molecule has 0 unspecified atom stereocenters. The Morgan fingerprint density at radius 3 is 1.50 bits per heavy atom. The minimum absolute atomic E-state index is 0.0622. The second kappa shape index (κ2) is 5.37. The first-order valence-electron chi connectivity index (χ1n) is 6.33. The fraction of sp³-hybridized carbons (Fsp3) is 0. The summed E-state index contributed by atoms with van der Waals surface area (Å²) < 4.78 is 1.85. The molecule has 0 spiro atoms. The van der Waals surface area contributed by atoms with E-state index in [1.165, 1.54) is 23.5 Å². The van der Waals surface area contributed by atoms with Crippen LogP contribution in [0.1, 0.15) is 11.1 Å². The predicted molar refractivity (Wildman–Crippen MR) is 96.8 cm³/mol. The van der Waals surface area contributed by atoms with Gasteiger partial charge in [0.1, 0.15) is 0 Å². The smallest absolute Gasteiger partial charge is 0.225 e. The van der Waals surface area contributed by atoms with Gasteiger partial charge in [-0.25, -0.2) is 0 Å². The molecule has 22 heavy (non-hydrogen) atoms. The van der Waals surface area contributed by atoms with Crippen molar-refractivity contribution < 1.29 is 9.59 Å². The maximum atomic E-state index is 12.5. The third-order valence-electron chi connectivity index (χ3n) is 3.49. The van der Waals surface area contributed by atoms with Gasteiger partial charge in [-0.1, -0.05) is 44.0 Å². The highest BCUT2D eigenvalue weighted by Crippen LogP contribution is 2.50. The summed E-state index contributed by atoms with van der Waals surface area (Å²) >= 11 is 9.20. The van der Waals surface area contributed by atoms with Crippen LogP contribution >= 0.6 is 55.4 Å². The molecule has 0 aromatic heterocycles. The summed E-state index contributed by atoms with van der Waals surface area (Å²) in [5.41, 5.74) is 2.76. The van der Waals surface area contributed by atoms with Crippen LogP contribution in [0.4, 0.5) is 0 Å². The van der Waals surface area contributed by atoms with Crippen molar-refractivity contribution in [1.29, 1.82) is 0 Å². The molecule has 4 rings (SSSR count). The molecule has 6 heteroatoms. The molecule has 0 atom stereocenters. The highest BCUT2D eigenvalue weighted by atomic mass is 79.9. The lowest BCUT2D eigenvalue weighted by atomic mass is 9.96. The SMILES string of the molecule is O=C1Sc2cc(Br)ccc2/C1=C1\C(=O)Sc2cc(Br)ccc21. The van der Waals surface area contributed by atoms with Crippen LogP contribution in [0.3, 0.4) is 0 Å². The molecular weight excluding hydrogens is 448 g/mol. The number of carbonyl (C=O) groups is 2. The predicted octanol–water partition coefficient (Wildman–Crippen LogP) is 5.39. The Labute approximate surface area is 152 Å². The van der Waals surface area contributed by atoms with Crippen molar-refractivity contribution in [3.8, 4) is 0 Å². The van der Waals surface area contributed by atoms with E-state index in [1.807, 2.05) is 36.4 Å². The third-order valence-corrected chi connectivity index (χ3v) is 6.37. The molecule has 2 nitrogen and oxygen atoms in total. The monoisotopic (exact) mass is 452 g/mol. The first kappa shape index (κ1) is 14.8. The molecule has 2 heterocycles. The minimum atomic E-state index is -0.0622. The molecule has 2 aliphatic heterocycles. The van der Waals surface area contributed by atoms with Gasteiger partial charge in [-0.2, -0.15) is 0 Å². The highest BCUT2D eigenvalue weighted by Gasteiger charge is 2.36. The number of benzene rings is 2. The van der Waals surface area contributed by atoms with Crippen LogP contribution in [0.5, 0.6) is 0 Å². The molecule has 0 bridgehead atoms. The molecule has 2 aliphatic rings. The Morgan fingerprint density at radius 2 is 1.09 bits per heavy atom. The zero-order valence-corrected chi connectivity index (χ0v) is 15.7. The molecule has 0 radical (unpaired) electrons. The zero-order valence-electron chi connectivity index (χ0n) is 10.9. The van der Waals surface area contributed by atoms with Crippen LogP contribution < -0.4 is 0 Å². The van der Waals surface area contributed by atoms with Gasteiger partial charge in [-0.15, -0.1) is 0 Å². The first-order chi connectivity index (χ1) is 10.5. The van der Waals surface area contributed by atoms with Crippen molar-refractivity contribution >= 4 is 76.8 Å². The standard InChI is InChI=1S/C16H6Br2O2S2/c17-7-1-3-9-11(5-7)21-15(19)13(9)14-10-4-2-8(18)6-12(10)22-16(14)20/h1-6H/b14-13+. The number of halogens is 2. The van der Waals surface area contributed by atoms with E-state index in [0.29, 0.717) is 11.1 Å². The van der Waals surface area contributed by atoms with Crippen molar-refractivity contribution in [2.75, 3.05) is 0 Å².